The van der Waals surface area contributed by atoms with Gasteiger partial charge >= 0.3 is 0 Å². The van der Waals surface area contributed by atoms with Crippen LogP contribution in [0.5, 0.6) is 0 Å². The van der Waals surface area contributed by atoms with Crippen LogP contribution in [-0.4, -0.2) is 35.9 Å². The summed E-state index contributed by atoms with van der Waals surface area (Å²) in [5.74, 6) is 1.39. The van der Waals surface area contributed by atoms with Crippen molar-refractivity contribution in [2.75, 3.05) is 25.1 Å². The first kappa shape index (κ1) is 14.4. The molecule has 0 bridgehead atoms. The van der Waals surface area contributed by atoms with Gasteiger partial charge in [-0.2, -0.15) is 11.8 Å². The third-order valence-electron chi connectivity index (χ3n) is 3.43. The van der Waals surface area contributed by atoms with E-state index in [-0.39, 0.29) is 12.1 Å². The second-order valence-electron chi connectivity index (χ2n) is 4.98. The van der Waals surface area contributed by atoms with Crippen LogP contribution in [0.3, 0.4) is 0 Å². The molecule has 2 rings (SSSR count). The molecule has 1 saturated heterocycles. The molecule has 0 aliphatic carbocycles. The van der Waals surface area contributed by atoms with E-state index in [0.29, 0.717) is 6.54 Å². The standard InChI is InChI=1S/C15H22N2OS/c1-12-6-5-7-13(10-12)15-16-11-14(18)17(15)8-3-4-9-19-2/h5-7,10,15-16H,3-4,8-9,11H2,1-2H3. The van der Waals surface area contributed by atoms with Crippen molar-refractivity contribution in [3.63, 3.8) is 0 Å². The molecule has 0 saturated carbocycles. The van der Waals surface area contributed by atoms with E-state index in [0.717, 1.165) is 13.0 Å². The number of hydrogen-bond donors (Lipinski definition) is 1. The Morgan fingerprint density at radius 2 is 2.26 bits per heavy atom. The van der Waals surface area contributed by atoms with Gasteiger partial charge in [0.1, 0.15) is 6.17 Å². The third kappa shape index (κ3) is 3.74. The number of hydrogen-bond acceptors (Lipinski definition) is 3. The first-order valence-electron chi connectivity index (χ1n) is 6.80. The summed E-state index contributed by atoms with van der Waals surface area (Å²) in [6.45, 7) is 3.40. The zero-order valence-electron chi connectivity index (χ0n) is 11.7. The molecule has 0 radical (unpaired) electrons. The van der Waals surface area contributed by atoms with Crippen LogP contribution in [0.1, 0.15) is 30.1 Å². The molecule has 104 valence electrons. The highest BCUT2D eigenvalue weighted by Crippen LogP contribution is 2.23. The number of carbonyl (C=O) groups is 1. The third-order valence-corrected chi connectivity index (χ3v) is 4.13. The maximum atomic E-state index is 12.0. The quantitative estimate of drug-likeness (QED) is 0.812. The monoisotopic (exact) mass is 278 g/mol. The van der Waals surface area contributed by atoms with Crippen LogP contribution >= 0.6 is 11.8 Å². The summed E-state index contributed by atoms with van der Waals surface area (Å²) in [7, 11) is 0. The molecular formula is C15H22N2OS. The minimum atomic E-state index is 0.0571. The van der Waals surface area contributed by atoms with Crippen LogP contribution in [0.25, 0.3) is 0 Å². The summed E-state index contributed by atoms with van der Waals surface area (Å²) < 4.78 is 0. The number of nitrogens with one attached hydrogen (secondary N) is 1. The first-order chi connectivity index (χ1) is 9.22. The van der Waals surface area contributed by atoms with E-state index in [1.54, 1.807) is 0 Å². The van der Waals surface area contributed by atoms with Gasteiger partial charge in [-0.15, -0.1) is 0 Å². The Hall–Kier alpha value is -1.00. The second kappa shape index (κ2) is 6.96. The highest BCUT2D eigenvalue weighted by molar-refractivity contribution is 7.98. The lowest BCUT2D eigenvalue weighted by Crippen LogP contribution is -2.31. The fourth-order valence-electron chi connectivity index (χ4n) is 2.46. The SMILES string of the molecule is CSCCCCN1C(=O)CNC1c1cccc(C)c1. The molecule has 1 unspecified atom stereocenters. The number of rotatable bonds is 6. The number of carbonyl (C=O) groups excluding carboxylic acids is 1. The number of aryl methyl sites for hydroxylation is 1. The lowest BCUT2D eigenvalue weighted by atomic mass is 10.1. The Morgan fingerprint density at radius 1 is 1.42 bits per heavy atom. The normalized spacial score (nSPS) is 19.2. The molecule has 1 N–H and O–H groups in total. The Balaban J connectivity index is 2.00. The van der Waals surface area contributed by atoms with Gasteiger partial charge in [-0.05, 0) is 37.3 Å². The fraction of sp³-hybridized carbons (Fsp3) is 0.533. The van der Waals surface area contributed by atoms with Gasteiger partial charge in [-0.1, -0.05) is 29.8 Å². The van der Waals surface area contributed by atoms with Gasteiger partial charge in [0.05, 0.1) is 6.54 Å². The Morgan fingerprint density at radius 3 is 3.00 bits per heavy atom. The van der Waals surface area contributed by atoms with E-state index in [9.17, 15) is 4.79 Å². The zero-order chi connectivity index (χ0) is 13.7. The predicted octanol–water partition coefficient (Wildman–Crippen LogP) is 2.57. The van der Waals surface area contributed by atoms with Crippen molar-refractivity contribution >= 4 is 17.7 Å². The zero-order valence-corrected chi connectivity index (χ0v) is 12.5. The van der Waals surface area contributed by atoms with Gasteiger partial charge in [-0.3, -0.25) is 10.1 Å². The van der Waals surface area contributed by atoms with Crippen LogP contribution < -0.4 is 5.32 Å². The molecule has 0 spiro atoms. The predicted molar refractivity (Wildman–Crippen MR) is 81.3 cm³/mol. The molecule has 1 fully saturated rings. The number of nitrogens with zero attached hydrogens (tertiary/aromatic N) is 1. The molecule has 1 aliphatic rings. The summed E-state index contributed by atoms with van der Waals surface area (Å²) in [6.07, 6.45) is 4.43. The molecular weight excluding hydrogens is 256 g/mol. The lowest BCUT2D eigenvalue weighted by molar-refractivity contribution is -0.128. The van der Waals surface area contributed by atoms with Gasteiger partial charge in [0.15, 0.2) is 0 Å². The number of thioether (sulfide) groups is 1. The van der Waals surface area contributed by atoms with Crippen LogP contribution in [-0.2, 0) is 4.79 Å². The highest BCUT2D eigenvalue weighted by Gasteiger charge is 2.30. The minimum absolute atomic E-state index is 0.0571. The summed E-state index contributed by atoms with van der Waals surface area (Å²) in [5.41, 5.74) is 2.43. The first-order valence-corrected chi connectivity index (χ1v) is 8.20. The number of unbranched alkanes of at least 4 members (excludes halogenated alkanes) is 1. The molecule has 1 amide bonds. The van der Waals surface area contributed by atoms with Crippen molar-refractivity contribution in [1.82, 2.24) is 10.2 Å². The molecule has 0 aromatic heterocycles. The topological polar surface area (TPSA) is 32.3 Å². The van der Waals surface area contributed by atoms with Gasteiger partial charge in [0.25, 0.3) is 0 Å². The van der Waals surface area contributed by atoms with Crippen LogP contribution in [0.15, 0.2) is 24.3 Å². The number of amides is 1. The Kier molecular flexibility index (Phi) is 5.28. The lowest BCUT2D eigenvalue weighted by Gasteiger charge is -2.25. The summed E-state index contributed by atoms with van der Waals surface area (Å²) in [4.78, 5) is 13.9. The molecule has 4 heteroatoms. The average Bonchev–Trinajstić information content (AvgIpc) is 2.76. The average molecular weight is 278 g/mol. The van der Waals surface area contributed by atoms with Crippen molar-refractivity contribution in [2.24, 2.45) is 0 Å². The smallest absolute Gasteiger partial charge is 0.238 e. The van der Waals surface area contributed by atoms with Crippen molar-refractivity contribution in [1.29, 1.82) is 0 Å². The molecule has 1 aliphatic heterocycles. The van der Waals surface area contributed by atoms with E-state index in [1.807, 2.05) is 16.7 Å². The molecule has 3 nitrogen and oxygen atoms in total. The van der Waals surface area contributed by atoms with Crippen LogP contribution in [0.4, 0.5) is 0 Å². The van der Waals surface area contributed by atoms with Crippen molar-refractivity contribution in [2.45, 2.75) is 25.9 Å². The molecule has 19 heavy (non-hydrogen) atoms. The van der Waals surface area contributed by atoms with Crippen LogP contribution in [0, 0.1) is 6.92 Å². The second-order valence-corrected chi connectivity index (χ2v) is 5.97. The summed E-state index contributed by atoms with van der Waals surface area (Å²) in [5, 5.41) is 3.31. The fourth-order valence-corrected chi connectivity index (χ4v) is 2.95. The summed E-state index contributed by atoms with van der Waals surface area (Å²) >= 11 is 1.86. The van der Waals surface area contributed by atoms with Gasteiger partial charge in [-0.25, -0.2) is 0 Å². The van der Waals surface area contributed by atoms with Crippen molar-refractivity contribution in [3.05, 3.63) is 35.4 Å². The largest absolute Gasteiger partial charge is 0.322 e. The van der Waals surface area contributed by atoms with E-state index >= 15 is 0 Å². The van der Waals surface area contributed by atoms with E-state index in [4.69, 9.17) is 0 Å². The van der Waals surface area contributed by atoms with Crippen molar-refractivity contribution in [3.8, 4) is 0 Å². The Bertz CT molecular complexity index is 436. The van der Waals surface area contributed by atoms with Gasteiger partial charge in [0.2, 0.25) is 5.91 Å². The maximum absolute atomic E-state index is 12.0. The van der Waals surface area contributed by atoms with Gasteiger partial charge in [0, 0.05) is 6.54 Å². The van der Waals surface area contributed by atoms with E-state index in [1.165, 1.54) is 23.3 Å². The summed E-state index contributed by atoms with van der Waals surface area (Å²) in [6, 6.07) is 8.40. The molecule has 1 aromatic rings. The number of benzene rings is 1. The molecule has 1 atom stereocenters. The molecule has 1 aromatic carbocycles. The minimum Gasteiger partial charge on any atom is -0.322 e. The molecule has 1 heterocycles. The van der Waals surface area contributed by atoms with Crippen LogP contribution in [0.2, 0.25) is 0 Å². The Labute approximate surface area is 119 Å². The van der Waals surface area contributed by atoms with Crippen molar-refractivity contribution < 1.29 is 4.79 Å². The maximum Gasteiger partial charge on any atom is 0.238 e. The highest BCUT2D eigenvalue weighted by atomic mass is 32.2. The van der Waals surface area contributed by atoms with E-state index < -0.39 is 0 Å². The van der Waals surface area contributed by atoms with E-state index in [2.05, 4.69) is 42.8 Å². The van der Waals surface area contributed by atoms with Gasteiger partial charge < -0.3 is 4.90 Å².